The van der Waals surface area contributed by atoms with E-state index in [2.05, 4.69) is 0 Å². The van der Waals surface area contributed by atoms with Gasteiger partial charge in [0.05, 0.1) is 10.9 Å². The number of hydrogen-bond donors (Lipinski definition) is 2. The lowest BCUT2D eigenvalue weighted by atomic mass is 10.0. The van der Waals surface area contributed by atoms with Crippen molar-refractivity contribution in [3.05, 3.63) is 64.7 Å². The number of phenols is 1. The van der Waals surface area contributed by atoms with E-state index in [1.807, 2.05) is 6.07 Å². The van der Waals surface area contributed by atoms with E-state index in [-0.39, 0.29) is 11.2 Å². The Bertz CT molecular complexity index is 1160. The third kappa shape index (κ3) is 2.58. The maximum absolute atomic E-state index is 12.7. The molecule has 0 saturated heterocycles. The molecule has 0 fully saturated rings. The van der Waals surface area contributed by atoms with E-state index in [1.54, 1.807) is 38.1 Å². The van der Waals surface area contributed by atoms with Gasteiger partial charge in [-0.1, -0.05) is 6.07 Å². The molecule has 0 atom stereocenters. The molecule has 25 heavy (non-hydrogen) atoms. The van der Waals surface area contributed by atoms with E-state index in [9.17, 15) is 15.0 Å². The Hall–Kier alpha value is -3.05. The fraction of sp³-hybridized carbons (Fsp3) is 0.150. The third-order valence-electron chi connectivity index (χ3n) is 4.19. The van der Waals surface area contributed by atoms with Crippen molar-refractivity contribution >= 4 is 21.9 Å². The molecule has 0 saturated carbocycles. The number of furan rings is 1. The van der Waals surface area contributed by atoms with E-state index < -0.39 is 5.60 Å². The molecule has 0 aliphatic rings. The van der Waals surface area contributed by atoms with Crippen LogP contribution >= 0.6 is 0 Å². The van der Waals surface area contributed by atoms with Gasteiger partial charge in [0.2, 0.25) is 0 Å². The van der Waals surface area contributed by atoms with Crippen LogP contribution in [-0.4, -0.2) is 10.2 Å². The minimum Gasteiger partial charge on any atom is -0.508 e. The van der Waals surface area contributed by atoms with Gasteiger partial charge in [-0.15, -0.1) is 0 Å². The van der Waals surface area contributed by atoms with Gasteiger partial charge < -0.3 is 19.0 Å². The maximum Gasteiger partial charge on any atom is 0.200 e. The number of benzene rings is 2. The molecule has 0 unspecified atom stereocenters. The maximum atomic E-state index is 12.7. The molecule has 4 aromatic rings. The van der Waals surface area contributed by atoms with Crippen molar-refractivity contribution < 1.29 is 19.0 Å². The zero-order valence-corrected chi connectivity index (χ0v) is 13.7. The molecule has 2 N–H and O–H groups in total. The van der Waals surface area contributed by atoms with Gasteiger partial charge in [0.15, 0.2) is 5.43 Å². The average molecular weight is 336 g/mol. The van der Waals surface area contributed by atoms with E-state index in [1.165, 1.54) is 18.4 Å². The Balaban J connectivity index is 1.89. The lowest BCUT2D eigenvalue weighted by Gasteiger charge is -2.12. The quantitative estimate of drug-likeness (QED) is 0.575. The van der Waals surface area contributed by atoms with E-state index >= 15 is 0 Å². The van der Waals surface area contributed by atoms with Crippen LogP contribution < -0.4 is 5.43 Å². The highest BCUT2D eigenvalue weighted by Crippen LogP contribution is 2.31. The van der Waals surface area contributed by atoms with Crippen LogP contribution in [0.25, 0.3) is 33.1 Å². The molecule has 0 radical (unpaired) electrons. The van der Waals surface area contributed by atoms with Crippen LogP contribution in [0.15, 0.2) is 62.4 Å². The Morgan fingerprint density at radius 3 is 2.56 bits per heavy atom. The third-order valence-corrected chi connectivity index (χ3v) is 4.19. The standard InChI is InChI=1S/C20H16O5/c1-20(2,23)18-8-12-7-11(3-6-16(12)25-18)15-10-24-17-9-13(21)4-5-14(17)19(15)22/h3-10,21,23H,1-2H3. The minimum atomic E-state index is -1.08. The number of hydrogen-bond acceptors (Lipinski definition) is 5. The predicted molar refractivity (Wildman–Crippen MR) is 94.6 cm³/mol. The molecule has 0 bridgehead atoms. The summed E-state index contributed by atoms with van der Waals surface area (Å²) in [4.78, 5) is 12.7. The van der Waals surface area contributed by atoms with Crippen LogP contribution in [0.2, 0.25) is 0 Å². The van der Waals surface area contributed by atoms with Crippen molar-refractivity contribution in [2.24, 2.45) is 0 Å². The topological polar surface area (TPSA) is 83.8 Å². The molecule has 0 amide bonds. The first-order valence-corrected chi connectivity index (χ1v) is 7.84. The minimum absolute atomic E-state index is 0.0439. The smallest absolute Gasteiger partial charge is 0.200 e. The second-order valence-corrected chi connectivity index (χ2v) is 6.58. The monoisotopic (exact) mass is 336 g/mol. The zero-order chi connectivity index (χ0) is 17.8. The predicted octanol–water partition coefficient (Wildman–Crippen LogP) is 4.14. The second-order valence-electron chi connectivity index (χ2n) is 6.58. The number of phenolic OH excluding ortho intramolecular Hbond substituents is 1. The highest BCUT2D eigenvalue weighted by atomic mass is 16.4. The van der Waals surface area contributed by atoms with Gasteiger partial charge in [-0.05, 0) is 49.7 Å². The summed E-state index contributed by atoms with van der Waals surface area (Å²) in [5.74, 6) is 0.503. The SMILES string of the molecule is CC(C)(O)c1cc2cc(-c3coc4cc(O)ccc4c3=O)ccc2o1. The van der Waals surface area contributed by atoms with Crippen LogP contribution in [0.1, 0.15) is 19.6 Å². The van der Waals surface area contributed by atoms with E-state index in [0.717, 1.165) is 5.39 Å². The number of rotatable bonds is 2. The molecule has 0 aliphatic heterocycles. The van der Waals surface area contributed by atoms with Gasteiger partial charge in [-0.25, -0.2) is 0 Å². The van der Waals surface area contributed by atoms with Gasteiger partial charge in [0, 0.05) is 11.5 Å². The fourth-order valence-corrected chi connectivity index (χ4v) is 2.83. The summed E-state index contributed by atoms with van der Waals surface area (Å²) in [6, 6.07) is 11.5. The first kappa shape index (κ1) is 15.5. The van der Waals surface area contributed by atoms with Crippen LogP contribution in [0.3, 0.4) is 0 Å². The van der Waals surface area contributed by atoms with Crippen LogP contribution in [0, 0.1) is 0 Å². The second kappa shape index (κ2) is 5.22. The van der Waals surface area contributed by atoms with E-state index in [0.29, 0.717) is 33.4 Å². The zero-order valence-electron chi connectivity index (χ0n) is 13.7. The summed E-state index contributed by atoms with van der Waals surface area (Å²) in [5.41, 5.74) is 0.832. The van der Waals surface area contributed by atoms with Gasteiger partial charge in [-0.3, -0.25) is 4.79 Å². The molecule has 5 nitrogen and oxygen atoms in total. The number of aliphatic hydroxyl groups is 1. The molecule has 4 rings (SSSR count). The molecular weight excluding hydrogens is 320 g/mol. The van der Waals surface area contributed by atoms with Crippen LogP contribution in [-0.2, 0) is 5.60 Å². The largest absolute Gasteiger partial charge is 0.508 e. The van der Waals surface area contributed by atoms with Crippen LogP contribution in [0.4, 0.5) is 0 Å². The number of aromatic hydroxyl groups is 1. The molecule has 2 aromatic carbocycles. The summed E-state index contributed by atoms with van der Waals surface area (Å²) in [7, 11) is 0. The lowest BCUT2D eigenvalue weighted by Crippen LogP contribution is -2.13. The van der Waals surface area contributed by atoms with Crippen molar-refractivity contribution in [2.75, 3.05) is 0 Å². The summed E-state index contributed by atoms with van der Waals surface area (Å²) in [6.45, 7) is 3.30. The Morgan fingerprint density at radius 2 is 1.80 bits per heavy atom. The highest BCUT2D eigenvalue weighted by Gasteiger charge is 2.21. The van der Waals surface area contributed by atoms with Crippen molar-refractivity contribution in [1.82, 2.24) is 0 Å². The summed E-state index contributed by atoms with van der Waals surface area (Å²) < 4.78 is 11.2. The molecule has 5 heteroatoms. The van der Waals surface area contributed by atoms with Crippen molar-refractivity contribution in [3.63, 3.8) is 0 Å². The molecular formula is C20H16O5. The molecule has 0 spiro atoms. The average Bonchev–Trinajstić information content (AvgIpc) is 2.98. The van der Waals surface area contributed by atoms with Gasteiger partial charge in [-0.2, -0.15) is 0 Å². The lowest BCUT2D eigenvalue weighted by molar-refractivity contribution is 0.0559. The van der Waals surface area contributed by atoms with Gasteiger partial charge in [0.25, 0.3) is 0 Å². The first-order chi connectivity index (χ1) is 11.8. The van der Waals surface area contributed by atoms with Gasteiger partial charge >= 0.3 is 0 Å². The highest BCUT2D eigenvalue weighted by molar-refractivity contribution is 5.87. The Kier molecular flexibility index (Phi) is 3.23. The molecule has 2 aromatic heterocycles. The van der Waals surface area contributed by atoms with Crippen molar-refractivity contribution in [2.45, 2.75) is 19.4 Å². The summed E-state index contributed by atoms with van der Waals surface area (Å²) >= 11 is 0. The summed E-state index contributed by atoms with van der Waals surface area (Å²) in [6.07, 6.45) is 1.39. The first-order valence-electron chi connectivity index (χ1n) is 7.84. The van der Waals surface area contributed by atoms with Crippen LogP contribution in [0.5, 0.6) is 5.75 Å². The molecule has 2 heterocycles. The Morgan fingerprint density at radius 1 is 1.00 bits per heavy atom. The number of fused-ring (bicyclic) bond motifs is 2. The normalized spacial score (nSPS) is 12.1. The van der Waals surface area contributed by atoms with E-state index in [4.69, 9.17) is 8.83 Å². The summed E-state index contributed by atoms with van der Waals surface area (Å²) in [5, 5.41) is 20.8. The fourth-order valence-electron chi connectivity index (χ4n) is 2.83. The molecule has 0 aliphatic carbocycles. The van der Waals surface area contributed by atoms with Crippen molar-refractivity contribution in [3.8, 4) is 16.9 Å². The van der Waals surface area contributed by atoms with Gasteiger partial charge in [0.1, 0.15) is 34.5 Å². The van der Waals surface area contributed by atoms with Crippen molar-refractivity contribution in [1.29, 1.82) is 0 Å². The molecule has 126 valence electrons. The Labute approximate surface area is 142 Å².